The number of hydrogen-bond acceptors (Lipinski definition) is 3. The van der Waals surface area contributed by atoms with Crippen molar-refractivity contribution in [1.29, 1.82) is 0 Å². The number of nitrogens with zero attached hydrogens (tertiary/aromatic N) is 2. The fraction of sp³-hybridized carbons (Fsp3) is 0.650. The van der Waals surface area contributed by atoms with Crippen molar-refractivity contribution < 1.29 is 9.53 Å². The van der Waals surface area contributed by atoms with Gasteiger partial charge in [-0.25, -0.2) is 0 Å². The van der Waals surface area contributed by atoms with Crippen molar-refractivity contribution in [3.05, 3.63) is 35.9 Å². The third kappa shape index (κ3) is 4.81. The molecule has 2 unspecified atom stereocenters. The van der Waals surface area contributed by atoms with E-state index in [1.807, 2.05) is 0 Å². The summed E-state index contributed by atoms with van der Waals surface area (Å²) in [6.07, 6.45) is 3.82. The van der Waals surface area contributed by atoms with E-state index in [-0.39, 0.29) is 18.1 Å². The lowest BCUT2D eigenvalue weighted by atomic mass is 9.90. The van der Waals surface area contributed by atoms with E-state index < -0.39 is 0 Å². The summed E-state index contributed by atoms with van der Waals surface area (Å²) in [6, 6.07) is 10.7. The van der Waals surface area contributed by atoms with E-state index in [4.69, 9.17) is 4.74 Å². The number of piperidine rings is 1. The van der Waals surface area contributed by atoms with E-state index in [9.17, 15) is 4.79 Å². The van der Waals surface area contributed by atoms with Crippen LogP contribution < -0.4 is 0 Å². The predicted molar refractivity (Wildman–Crippen MR) is 95.9 cm³/mol. The number of carbonyl (C=O) groups is 1. The van der Waals surface area contributed by atoms with Crippen molar-refractivity contribution in [3.8, 4) is 0 Å². The van der Waals surface area contributed by atoms with E-state index in [0.29, 0.717) is 12.5 Å². The molecule has 4 nitrogen and oxygen atoms in total. The number of hydrogen-bond donors (Lipinski definition) is 0. The summed E-state index contributed by atoms with van der Waals surface area (Å²) in [5.41, 5.74) is 1.42. The summed E-state index contributed by atoms with van der Waals surface area (Å²) in [4.78, 5) is 16.9. The third-order valence-electron chi connectivity index (χ3n) is 5.19. The van der Waals surface area contributed by atoms with Gasteiger partial charge in [0, 0.05) is 26.2 Å². The molecule has 0 radical (unpaired) electrons. The summed E-state index contributed by atoms with van der Waals surface area (Å²) < 4.78 is 5.75. The predicted octanol–water partition coefficient (Wildman–Crippen LogP) is 2.58. The molecule has 3 rings (SSSR count). The van der Waals surface area contributed by atoms with Gasteiger partial charge in [-0.15, -0.1) is 0 Å². The average molecular weight is 330 g/mol. The lowest BCUT2D eigenvalue weighted by Gasteiger charge is -2.37. The van der Waals surface area contributed by atoms with Crippen molar-refractivity contribution in [3.63, 3.8) is 0 Å². The van der Waals surface area contributed by atoms with Crippen LogP contribution in [-0.4, -0.2) is 60.6 Å². The van der Waals surface area contributed by atoms with Crippen molar-refractivity contribution in [2.24, 2.45) is 5.92 Å². The maximum Gasteiger partial charge on any atom is 0.236 e. The summed E-state index contributed by atoms with van der Waals surface area (Å²) in [6.45, 7) is 8.25. The van der Waals surface area contributed by atoms with Crippen LogP contribution in [0.5, 0.6) is 0 Å². The molecule has 2 aliphatic rings. The molecule has 1 aromatic rings. The Morgan fingerprint density at radius 1 is 1.08 bits per heavy atom. The lowest BCUT2D eigenvalue weighted by molar-refractivity contribution is -0.137. The van der Waals surface area contributed by atoms with E-state index in [2.05, 4.69) is 54.0 Å². The van der Waals surface area contributed by atoms with Gasteiger partial charge in [0.25, 0.3) is 0 Å². The van der Waals surface area contributed by atoms with Gasteiger partial charge in [0.15, 0.2) is 0 Å². The maximum atomic E-state index is 12.6. The Balaban J connectivity index is 1.43. The highest BCUT2D eigenvalue weighted by Gasteiger charge is 2.27. The Labute approximate surface area is 145 Å². The Bertz CT molecular complexity index is 516. The van der Waals surface area contributed by atoms with Gasteiger partial charge in [0.2, 0.25) is 5.91 Å². The molecule has 24 heavy (non-hydrogen) atoms. The zero-order valence-corrected chi connectivity index (χ0v) is 15.0. The minimum atomic E-state index is 0.221. The first-order chi connectivity index (χ1) is 11.6. The topological polar surface area (TPSA) is 32.8 Å². The van der Waals surface area contributed by atoms with Gasteiger partial charge >= 0.3 is 0 Å². The highest BCUT2D eigenvalue weighted by atomic mass is 16.5. The molecule has 1 aromatic carbocycles. The van der Waals surface area contributed by atoms with Crippen LogP contribution in [-0.2, 0) is 16.0 Å². The van der Waals surface area contributed by atoms with Gasteiger partial charge < -0.3 is 9.64 Å². The first kappa shape index (κ1) is 17.4. The van der Waals surface area contributed by atoms with Crippen LogP contribution in [0.15, 0.2) is 30.3 Å². The van der Waals surface area contributed by atoms with Crippen LogP contribution in [0.2, 0.25) is 0 Å². The molecule has 2 aliphatic heterocycles. The van der Waals surface area contributed by atoms with Crippen molar-refractivity contribution >= 4 is 5.91 Å². The molecule has 4 heteroatoms. The van der Waals surface area contributed by atoms with E-state index in [0.717, 1.165) is 45.4 Å². The van der Waals surface area contributed by atoms with Crippen LogP contribution in [0.25, 0.3) is 0 Å². The molecule has 2 fully saturated rings. The van der Waals surface area contributed by atoms with Gasteiger partial charge in [0.05, 0.1) is 18.8 Å². The maximum absolute atomic E-state index is 12.6. The standard InChI is InChI=1S/C20H30N2O2/c1-16-13-21(14-17(2)24-16)15-20(23)22-10-8-19(9-11-22)12-18-6-4-3-5-7-18/h3-7,16-17,19H,8-15H2,1-2H3. The molecular formula is C20H30N2O2. The van der Waals surface area contributed by atoms with Crippen molar-refractivity contribution in [2.75, 3.05) is 32.7 Å². The highest BCUT2D eigenvalue weighted by molar-refractivity contribution is 5.78. The summed E-state index contributed by atoms with van der Waals surface area (Å²) in [5, 5.41) is 0. The molecule has 2 saturated heterocycles. The number of ether oxygens (including phenoxy) is 1. The van der Waals surface area contributed by atoms with E-state index >= 15 is 0 Å². The fourth-order valence-corrected chi connectivity index (χ4v) is 4.04. The third-order valence-corrected chi connectivity index (χ3v) is 5.19. The summed E-state index contributed by atoms with van der Waals surface area (Å²) in [7, 11) is 0. The second kappa shape index (κ2) is 8.13. The van der Waals surface area contributed by atoms with Crippen LogP contribution in [0, 0.1) is 5.92 Å². The average Bonchev–Trinajstić information content (AvgIpc) is 2.55. The minimum absolute atomic E-state index is 0.221. The minimum Gasteiger partial charge on any atom is -0.373 e. The first-order valence-corrected chi connectivity index (χ1v) is 9.29. The second-order valence-corrected chi connectivity index (χ2v) is 7.47. The van der Waals surface area contributed by atoms with Crippen LogP contribution in [0.1, 0.15) is 32.3 Å². The Morgan fingerprint density at radius 2 is 1.71 bits per heavy atom. The van der Waals surface area contributed by atoms with E-state index in [1.165, 1.54) is 5.56 Å². The molecule has 0 spiro atoms. The largest absolute Gasteiger partial charge is 0.373 e. The molecule has 0 aliphatic carbocycles. The molecular weight excluding hydrogens is 300 g/mol. The van der Waals surface area contributed by atoms with Crippen LogP contribution in [0.3, 0.4) is 0 Å². The van der Waals surface area contributed by atoms with Gasteiger partial charge in [-0.3, -0.25) is 9.69 Å². The zero-order valence-electron chi connectivity index (χ0n) is 15.0. The number of carbonyl (C=O) groups excluding carboxylic acids is 1. The molecule has 0 saturated carbocycles. The van der Waals surface area contributed by atoms with E-state index in [1.54, 1.807) is 0 Å². The molecule has 0 aromatic heterocycles. The number of morpholine rings is 1. The molecule has 0 N–H and O–H groups in total. The molecule has 0 bridgehead atoms. The highest BCUT2D eigenvalue weighted by Crippen LogP contribution is 2.22. The number of benzene rings is 1. The summed E-state index contributed by atoms with van der Waals surface area (Å²) in [5.74, 6) is 0.995. The molecule has 2 atom stereocenters. The molecule has 1 amide bonds. The van der Waals surface area contributed by atoms with Gasteiger partial charge in [-0.05, 0) is 44.6 Å². The Hall–Kier alpha value is -1.39. The SMILES string of the molecule is CC1CN(CC(=O)N2CCC(Cc3ccccc3)CC2)CC(C)O1. The van der Waals surface area contributed by atoms with Crippen LogP contribution in [0.4, 0.5) is 0 Å². The smallest absolute Gasteiger partial charge is 0.236 e. The number of amides is 1. The molecule has 132 valence electrons. The Kier molecular flexibility index (Phi) is 5.90. The number of rotatable bonds is 4. The Morgan fingerprint density at radius 3 is 2.33 bits per heavy atom. The first-order valence-electron chi connectivity index (χ1n) is 9.29. The normalized spacial score (nSPS) is 26.5. The second-order valence-electron chi connectivity index (χ2n) is 7.47. The van der Waals surface area contributed by atoms with Gasteiger partial charge in [0.1, 0.15) is 0 Å². The van der Waals surface area contributed by atoms with Crippen molar-refractivity contribution in [1.82, 2.24) is 9.80 Å². The monoisotopic (exact) mass is 330 g/mol. The fourth-order valence-electron chi connectivity index (χ4n) is 4.04. The lowest BCUT2D eigenvalue weighted by Crippen LogP contribution is -2.50. The van der Waals surface area contributed by atoms with Gasteiger partial charge in [-0.1, -0.05) is 30.3 Å². The zero-order chi connectivity index (χ0) is 16.9. The van der Waals surface area contributed by atoms with Gasteiger partial charge in [-0.2, -0.15) is 0 Å². The summed E-state index contributed by atoms with van der Waals surface area (Å²) >= 11 is 0. The molecule has 2 heterocycles. The number of likely N-dealkylation sites (tertiary alicyclic amines) is 1. The quantitative estimate of drug-likeness (QED) is 0.851. The van der Waals surface area contributed by atoms with Crippen molar-refractivity contribution in [2.45, 2.75) is 45.3 Å². The van der Waals surface area contributed by atoms with Crippen LogP contribution >= 0.6 is 0 Å².